The van der Waals surface area contributed by atoms with Crippen molar-refractivity contribution in [3.63, 3.8) is 0 Å². The number of aryl methyl sites for hydroxylation is 2. The normalized spacial score (nSPS) is 19.2. The van der Waals surface area contributed by atoms with Crippen LogP contribution < -0.4 is 4.72 Å². The predicted octanol–water partition coefficient (Wildman–Crippen LogP) is 2.67. The molecule has 118 valence electrons. The van der Waals surface area contributed by atoms with E-state index in [9.17, 15) is 13.5 Å². The molecule has 0 spiro atoms. The quantitative estimate of drug-likeness (QED) is 0.840. The molecule has 1 aliphatic rings. The van der Waals surface area contributed by atoms with Gasteiger partial charge in [0.15, 0.2) is 0 Å². The van der Waals surface area contributed by atoms with E-state index in [1.807, 2.05) is 19.1 Å². The lowest BCUT2D eigenvalue weighted by Gasteiger charge is -2.26. The Kier molecular flexibility index (Phi) is 5.07. The molecule has 5 heteroatoms. The summed E-state index contributed by atoms with van der Waals surface area (Å²) in [4.78, 5) is 0.305. The second-order valence-corrected chi connectivity index (χ2v) is 7.97. The molecule has 1 aromatic carbocycles. The maximum absolute atomic E-state index is 12.5. The minimum Gasteiger partial charge on any atom is -0.389 e. The van der Waals surface area contributed by atoms with Crippen LogP contribution in [-0.4, -0.2) is 25.7 Å². The first-order chi connectivity index (χ1) is 9.82. The Morgan fingerprint density at radius 1 is 1.14 bits per heavy atom. The van der Waals surface area contributed by atoms with Crippen molar-refractivity contribution >= 4 is 10.0 Å². The van der Waals surface area contributed by atoms with E-state index in [0.717, 1.165) is 36.8 Å². The van der Waals surface area contributed by atoms with E-state index >= 15 is 0 Å². The van der Waals surface area contributed by atoms with Gasteiger partial charge in [0.1, 0.15) is 0 Å². The minimum atomic E-state index is -3.57. The van der Waals surface area contributed by atoms with Gasteiger partial charge in [0.05, 0.1) is 10.5 Å². The third kappa shape index (κ3) is 4.28. The van der Waals surface area contributed by atoms with Gasteiger partial charge in [0.25, 0.3) is 0 Å². The summed E-state index contributed by atoms with van der Waals surface area (Å²) in [5.41, 5.74) is 0.733. The number of nitrogens with one attached hydrogen (secondary N) is 1. The largest absolute Gasteiger partial charge is 0.389 e. The first-order valence-electron chi connectivity index (χ1n) is 7.62. The maximum atomic E-state index is 12.5. The molecule has 0 amide bonds. The monoisotopic (exact) mass is 311 g/mol. The smallest absolute Gasteiger partial charge is 0.240 e. The highest BCUT2D eigenvalue weighted by molar-refractivity contribution is 7.89. The molecule has 1 fully saturated rings. The lowest BCUT2D eigenvalue weighted by atomic mass is 9.95. The number of benzene rings is 1. The molecule has 0 bridgehead atoms. The second-order valence-electron chi connectivity index (χ2n) is 6.23. The molecule has 0 atom stereocenters. The van der Waals surface area contributed by atoms with E-state index in [4.69, 9.17) is 0 Å². The average molecular weight is 311 g/mol. The lowest BCUT2D eigenvalue weighted by Crippen LogP contribution is -2.42. The van der Waals surface area contributed by atoms with E-state index in [1.165, 1.54) is 0 Å². The number of hydrogen-bond acceptors (Lipinski definition) is 3. The molecular formula is C16H25NO3S. The molecule has 4 nitrogen and oxygen atoms in total. The van der Waals surface area contributed by atoms with Gasteiger partial charge in [-0.3, -0.25) is 0 Å². The fourth-order valence-corrected chi connectivity index (χ4v) is 4.31. The van der Waals surface area contributed by atoms with Crippen LogP contribution in [0.4, 0.5) is 0 Å². The van der Waals surface area contributed by atoms with Crippen LogP contribution in [0.25, 0.3) is 0 Å². The molecule has 0 aromatic heterocycles. The number of aliphatic hydroxyl groups is 1. The van der Waals surface area contributed by atoms with Gasteiger partial charge in [0, 0.05) is 6.54 Å². The van der Waals surface area contributed by atoms with Crippen LogP contribution in [0.3, 0.4) is 0 Å². The molecule has 2 N–H and O–H groups in total. The Morgan fingerprint density at radius 3 is 2.38 bits per heavy atom. The summed E-state index contributed by atoms with van der Waals surface area (Å²) in [5, 5.41) is 10.6. The fourth-order valence-electron chi connectivity index (χ4n) is 2.87. The van der Waals surface area contributed by atoms with Crippen molar-refractivity contribution in [1.29, 1.82) is 0 Å². The van der Waals surface area contributed by atoms with Gasteiger partial charge >= 0.3 is 0 Å². The summed E-state index contributed by atoms with van der Waals surface area (Å²) in [6.45, 7) is 3.76. The van der Waals surface area contributed by atoms with Gasteiger partial charge in [0.2, 0.25) is 10.0 Å². The standard InChI is InChI=1S/C16H25NO3S/c1-13-7-8-14(2)15(11-13)21(19,20)17-12-16(18)9-5-3-4-6-10-16/h7-8,11,17-18H,3-6,9-10,12H2,1-2H3. The minimum absolute atomic E-state index is 0.0999. The highest BCUT2D eigenvalue weighted by atomic mass is 32.2. The van der Waals surface area contributed by atoms with Crippen molar-refractivity contribution < 1.29 is 13.5 Å². The zero-order valence-corrected chi connectivity index (χ0v) is 13.7. The van der Waals surface area contributed by atoms with Crippen molar-refractivity contribution in [3.05, 3.63) is 29.3 Å². The molecule has 1 aromatic rings. The Morgan fingerprint density at radius 2 is 1.76 bits per heavy atom. The van der Waals surface area contributed by atoms with Crippen LogP contribution in [0.1, 0.15) is 49.7 Å². The van der Waals surface area contributed by atoms with E-state index in [1.54, 1.807) is 13.0 Å². The summed E-state index contributed by atoms with van der Waals surface area (Å²) < 4.78 is 27.5. The number of hydrogen-bond donors (Lipinski definition) is 2. The maximum Gasteiger partial charge on any atom is 0.240 e. The Balaban J connectivity index is 2.12. The summed E-state index contributed by atoms with van der Waals surface area (Å²) in [5.74, 6) is 0. The molecule has 0 aliphatic heterocycles. The third-order valence-electron chi connectivity index (χ3n) is 4.26. The Labute approximate surface area is 127 Å². The van der Waals surface area contributed by atoms with E-state index in [0.29, 0.717) is 17.7 Å². The number of sulfonamides is 1. The van der Waals surface area contributed by atoms with Gasteiger partial charge in [-0.15, -0.1) is 0 Å². The summed E-state index contributed by atoms with van der Waals surface area (Å²) in [6, 6.07) is 5.38. The van der Waals surface area contributed by atoms with Crippen molar-refractivity contribution in [1.82, 2.24) is 4.72 Å². The van der Waals surface area contributed by atoms with Gasteiger partial charge in [-0.05, 0) is 43.9 Å². The zero-order chi connectivity index (χ0) is 15.5. The average Bonchev–Trinajstić information content (AvgIpc) is 2.65. The lowest BCUT2D eigenvalue weighted by molar-refractivity contribution is 0.0303. The summed E-state index contributed by atoms with van der Waals surface area (Å²) in [6.07, 6.45) is 5.49. The van der Waals surface area contributed by atoms with Crippen LogP contribution in [0.5, 0.6) is 0 Å². The number of rotatable bonds is 4. The van der Waals surface area contributed by atoms with Crippen LogP contribution in [0.2, 0.25) is 0 Å². The molecule has 0 heterocycles. The van der Waals surface area contributed by atoms with Gasteiger partial charge in [-0.1, -0.05) is 37.8 Å². The van der Waals surface area contributed by atoms with E-state index < -0.39 is 15.6 Å². The molecule has 0 radical (unpaired) electrons. The summed E-state index contributed by atoms with van der Waals surface area (Å²) in [7, 11) is -3.57. The van der Waals surface area contributed by atoms with Crippen molar-refractivity contribution in [3.8, 4) is 0 Å². The van der Waals surface area contributed by atoms with E-state index in [2.05, 4.69) is 4.72 Å². The summed E-state index contributed by atoms with van der Waals surface area (Å²) >= 11 is 0. The Bertz CT molecular complexity index is 588. The molecule has 0 saturated heterocycles. The Hall–Kier alpha value is -0.910. The topological polar surface area (TPSA) is 66.4 Å². The van der Waals surface area contributed by atoms with Crippen molar-refractivity contribution in [2.75, 3.05) is 6.54 Å². The molecule has 1 saturated carbocycles. The van der Waals surface area contributed by atoms with Gasteiger partial charge < -0.3 is 5.11 Å². The van der Waals surface area contributed by atoms with Crippen LogP contribution in [0, 0.1) is 13.8 Å². The first kappa shape index (κ1) is 16.5. The molecule has 21 heavy (non-hydrogen) atoms. The van der Waals surface area contributed by atoms with E-state index in [-0.39, 0.29) is 6.54 Å². The van der Waals surface area contributed by atoms with Gasteiger partial charge in [-0.25, -0.2) is 13.1 Å². The van der Waals surface area contributed by atoms with Crippen molar-refractivity contribution in [2.24, 2.45) is 0 Å². The van der Waals surface area contributed by atoms with Gasteiger partial charge in [-0.2, -0.15) is 0 Å². The molecule has 2 rings (SSSR count). The first-order valence-corrected chi connectivity index (χ1v) is 9.10. The van der Waals surface area contributed by atoms with Crippen molar-refractivity contribution in [2.45, 2.75) is 62.9 Å². The fraction of sp³-hybridized carbons (Fsp3) is 0.625. The van der Waals surface area contributed by atoms with Crippen LogP contribution in [0.15, 0.2) is 23.1 Å². The molecule has 1 aliphatic carbocycles. The highest BCUT2D eigenvalue weighted by Gasteiger charge is 2.30. The van der Waals surface area contributed by atoms with Crippen LogP contribution >= 0.6 is 0 Å². The third-order valence-corrected chi connectivity index (χ3v) is 5.80. The SMILES string of the molecule is Cc1ccc(C)c(S(=O)(=O)NCC2(O)CCCCCC2)c1. The molecular weight excluding hydrogens is 286 g/mol. The highest BCUT2D eigenvalue weighted by Crippen LogP contribution is 2.27. The predicted molar refractivity (Wildman–Crippen MR) is 83.8 cm³/mol. The second kappa shape index (κ2) is 6.46. The van der Waals surface area contributed by atoms with Crippen LogP contribution in [-0.2, 0) is 10.0 Å². The zero-order valence-electron chi connectivity index (χ0n) is 12.9. The molecule has 0 unspecified atom stereocenters.